The fourth-order valence-corrected chi connectivity index (χ4v) is 2.46. The highest BCUT2D eigenvalue weighted by Crippen LogP contribution is 2.22. The Morgan fingerprint density at radius 3 is 2.67 bits per heavy atom. The summed E-state index contributed by atoms with van der Waals surface area (Å²) in [4.78, 5) is 25.4. The molecule has 21 heavy (non-hydrogen) atoms. The van der Waals surface area contributed by atoms with Crippen LogP contribution in [0.3, 0.4) is 0 Å². The molecule has 2 atom stereocenters. The van der Waals surface area contributed by atoms with Gasteiger partial charge in [-0.25, -0.2) is 4.79 Å². The number of hydrogen-bond donors (Lipinski definition) is 1. The van der Waals surface area contributed by atoms with Crippen LogP contribution in [0.15, 0.2) is 0 Å². The number of piperidine rings is 1. The number of nitriles is 1. The standard InChI is InChI=1S/C15H25N3O3/c1-11-6-8-18(13(19)5-7-16)12(9-11)10-17-14(20)21-15(2,3)4/h11-12H,5-6,8-10H2,1-4H3,(H,17,20)/t11-,12+/m0/s1. The number of carbonyl (C=O) groups excluding carboxylic acids is 2. The number of ether oxygens (including phenoxy) is 1. The third-order valence-electron chi connectivity index (χ3n) is 3.41. The van der Waals surface area contributed by atoms with E-state index in [0.29, 0.717) is 19.0 Å². The van der Waals surface area contributed by atoms with E-state index >= 15 is 0 Å². The fraction of sp³-hybridized carbons (Fsp3) is 0.800. The molecule has 1 aliphatic rings. The summed E-state index contributed by atoms with van der Waals surface area (Å²) in [6, 6.07) is 1.82. The van der Waals surface area contributed by atoms with Gasteiger partial charge in [0, 0.05) is 19.1 Å². The molecule has 0 aromatic heterocycles. The lowest BCUT2D eigenvalue weighted by molar-refractivity contribution is -0.134. The summed E-state index contributed by atoms with van der Waals surface area (Å²) in [6.45, 7) is 8.54. The molecule has 0 saturated carbocycles. The molecule has 0 spiro atoms. The van der Waals surface area contributed by atoms with Gasteiger partial charge in [-0.15, -0.1) is 0 Å². The maximum Gasteiger partial charge on any atom is 0.407 e. The van der Waals surface area contributed by atoms with Gasteiger partial charge in [0.1, 0.15) is 12.0 Å². The Bertz CT molecular complexity index is 423. The number of likely N-dealkylation sites (tertiary alicyclic amines) is 1. The molecule has 1 saturated heterocycles. The minimum atomic E-state index is -0.541. The van der Waals surface area contributed by atoms with E-state index < -0.39 is 11.7 Å². The molecule has 1 N–H and O–H groups in total. The third kappa shape index (κ3) is 6.03. The van der Waals surface area contributed by atoms with Gasteiger partial charge in [-0.3, -0.25) is 4.79 Å². The average molecular weight is 295 g/mol. The lowest BCUT2D eigenvalue weighted by Crippen LogP contribution is -2.51. The summed E-state index contributed by atoms with van der Waals surface area (Å²) in [7, 11) is 0. The minimum absolute atomic E-state index is 0.0675. The summed E-state index contributed by atoms with van der Waals surface area (Å²) in [5.74, 6) is 0.335. The summed E-state index contributed by atoms with van der Waals surface area (Å²) < 4.78 is 5.19. The maximum absolute atomic E-state index is 11.9. The molecule has 6 nitrogen and oxygen atoms in total. The normalized spacial score (nSPS) is 22.3. The number of amides is 2. The van der Waals surface area contributed by atoms with E-state index in [2.05, 4.69) is 12.2 Å². The van der Waals surface area contributed by atoms with Crippen molar-refractivity contribution < 1.29 is 14.3 Å². The van der Waals surface area contributed by atoms with Crippen LogP contribution in [0.1, 0.15) is 47.0 Å². The molecule has 0 bridgehead atoms. The number of nitrogens with zero attached hydrogens (tertiary/aromatic N) is 2. The van der Waals surface area contributed by atoms with Crippen molar-refractivity contribution in [2.75, 3.05) is 13.1 Å². The number of rotatable bonds is 3. The zero-order valence-corrected chi connectivity index (χ0v) is 13.3. The molecule has 6 heteroatoms. The van der Waals surface area contributed by atoms with Gasteiger partial charge in [-0.2, -0.15) is 5.26 Å². The van der Waals surface area contributed by atoms with Gasteiger partial charge in [-0.1, -0.05) is 6.92 Å². The quantitative estimate of drug-likeness (QED) is 0.864. The third-order valence-corrected chi connectivity index (χ3v) is 3.41. The van der Waals surface area contributed by atoms with Crippen molar-refractivity contribution in [1.29, 1.82) is 5.26 Å². The molecule has 1 aliphatic heterocycles. The first-order valence-corrected chi connectivity index (χ1v) is 7.36. The second kappa shape index (κ2) is 7.30. The Morgan fingerprint density at radius 1 is 1.43 bits per heavy atom. The first-order valence-electron chi connectivity index (χ1n) is 7.36. The van der Waals surface area contributed by atoms with E-state index in [4.69, 9.17) is 10.00 Å². The largest absolute Gasteiger partial charge is 0.444 e. The first kappa shape index (κ1) is 17.3. The Balaban J connectivity index is 2.57. The number of nitrogens with one attached hydrogen (secondary N) is 1. The molecule has 0 aromatic rings. The second-order valence-electron chi connectivity index (χ2n) is 6.59. The van der Waals surface area contributed by atoms with Gasteiger partial charge in [0.2, 0.25) is 5.91 Å². The van der Waals surface area contributed by atoms with Crippen LogP contribution in [0, 0.1) is 17.2 Å². The highest BCUT2D eigenvalue weighted by molar-refractivity contribution is 5.78. The number of hydrogen-bond acceptors (Lipinski definition) is 4. The topological polar surface area (TPSA) is 82.4 Å². The minimum Gasteiger partial charge on any atom is -0.444 e. The van der Waals surface area contributed by atoms with Crippen molar-refractivity contribution in [1.82, 2.24) is 10.2 Å². The predicted octanol–water partition coefficient (Wildman–Crippen LogP) is 2.05. The highest BCUT2D eigenvalue weighted by atomic mass is 16.6. The van der Waals surface area contributed by atoms with Crippen LogP contribution >= 0.6 is 0 Å². The van der Waals surface area contributed by atoms with Gasteiger partial charge >= 0.3 is 6.09 Å². The van der Waals surface area contributed by atoms with Crippen LogP contribution in [-0.4, -0.2) is 41.6 Å². The van der Waals surface area contributed by atoms with Gasteiger partial charge in [0.05, 0.1) is 6.07 Å². The molecule has 1 heterocycles. The van der Waals surface area contributed by atoms with Crippen molar-refractivity contribution in [2.24, 2.45) is 5.92 Å². The second-order valence-corrected chi connectivity index (χ2v) is 6.59. The maximum atomic E-state index is 11.9. The molecule has 0 unspecified atom stereocenters. The number of carbonyl (C=O) groups is 2. The molecule has 0 aliphatic carbocycles. The van der Waals surface area contributed by atoms with Crippen LogP contribution in [0.25, 0.3) is 0 Å². The van der Waals surface area contributed by atoms with Crippen LogP contribution in [-0.2, 0) is 9.53 Å². The Labute approximate surface area is 126 Å². The summed E-state index contributed by atoms with van der Waals surface area (Å²) in [5.41, 5.74) is -0.541. The van der Waals surface area contributed by atoms with Crippen molar-refractivity contribution in [2.45, 2.75) is 58.6 Å². The molecular weight excluding hydrogens is 270 g/mol. The van der Waals surface area contributed by atoms with Crippen LogP contribution in [0.5, 0.6) is 0 Å². The fourth-order valence-electron chi connectivity index (χ4n) is 2.46. The summed E-state index contributed by atoms with van der Waals surface area (Å²) >= 11 is 0. The summed E-state index contributed by atoms with van der Waals surface area (Å²) in [5, 5.41) is 11.4. The summed E-state index contributed by atoms with van der Waals surface area (Å²) in [6.07, 6.45) is 1.16. The van der Waals surface area contributed by atoms with Gasteiger partial charge in [0.25, 0.3) is 0 Å². The Hall–Kier alpha value is -1.77. The van der Waals surface area contributed by atoms with E-state index in [0.717, 1.165) is 12.8 Å². The molecule has 118 valence electrons. The van der Waals surface area contributed by atoms with Crippen molar-refractivity contribution in [3.63, 3.8) is 0 Å². The highest BCUT2D eigenvalue weighted by Gasteiger charge is 2.30. The molecular formula is C15H25N3O3. The number of alkyl carbamates (subject to hydrolysis) is 1. The van der Waals surface area contributed by atoms with Crippen molar-refractivity contribution in [3.05, 3.63) is 0 Å². The van der Waals surface area contributed by atoms with Gasteiger partial charge in [0.15, 0.2) is 0 Å². The smallest absolute Gasteiger partial charge is 0.407 e. The Kier molecular flexibility index (Phi) is 6.01. The average Bonchev–Trinajstić information content (AvgIpc) is 2.34. The Morgan fingerprint density at radius 2 is 2.10 bits per heavy atom. The van der Waals surface area contributed by atoms with Crippen molar-refractivity contribution in [3.8, 4) is 6.07 Å². The molecule has 0 radical (unpaired) electrons. The lowest BCUT2D eigenvalue weighted by Gasteiger charge is -2.38. The van der Waals surface area contributed by atoms with Crippen LogP contribution in [0.2, 0.25) is 0 Å². The van der Waals surface area contributed by atoms with E-state index in [-0.39, 0.29) is 18.4 Å². The first-order chi connectivity index (χ1) is 9.73. The van der Waals surface area contributed by atoms with Crippen molar-refractivity contribution >= 4 is 12.0 Å². The van der Waals surface area contributed by atoms with E-state index in [1.54, 1.807) is 25.7 Å². The van der Waals surface area contributed by atoms with E-state index in [1.165, 1.54) is 0 Å². The van der Waals surface area contributed by atoms with E-state index in [1.807, 2.05) is 6.07 Å². The van der Waals surface area contributed by atoms with Crippen LogP contribution in [0.4, 0.5) is 4.79 Å². The van der Waals surface area contributed by atoms with E-state index in [9.17, 15) is 9.59 Å². The molecule has 2 amide bonds. The zero-order chi connectivity index (χ0) is 16.0. The predicted molar refractivity (Wildman–Crippen MR) is 78.4 cm³/mol. The lowest BCUT2D eigenvalue weighted by atomic mass is 9.92. The van der Waals surface area contributed by atoms with Gasteiger partial charge in [-0.05, 0) is 39.5 Å². The molecule has 1 rings (SSSR count). The van der Waals surface area contributed by atoms with Crippen LogP contribution < -0.4 is 5.32 Å². The zero-order valence-electron chi connectivity index (χ0n) is 13.3. The SMILES string of the molecule is C[C@H]1CCN(C(=O)CC#N)[C@@H](CNC(=O)OC(C)(C)C)C1. The molecule has 0 aromatic carbocycles. The van der Waals surface area contributed by atoms with Gasteiger partial charge < -0.3 is 15.0 Å². The molecule has 1 fully saturated rings. The monoisotopic (exact) mass is 295 g/mol.